The third kappa shape index (κ3) is 5.27. The van der Waals surface area contributed by atoms with Gasteiger partial charge in [-0.1, -0.05) is 0 Å². The van der Waals surface area contributed by atoms with Gasteiger partial charge >= 0.3 is 24.2 Å². The molecule has 12 heavy (non-hydrogen) atoms. The van der Waals surface area contributed by atoms with Gasteiger partial charge in [0.1, 0.15) is 0 Å². The maximum atomic E-state index is 11.4. The van der Waals surface area contributed by atoms with E-state index in [-0.39, 0.29) is 24.0 Å². The molecule has 0 saturated heterocycles. The molecule has 72 valence electrons. The van der Waals surface area contributed by atoms with Gasteiger partial charge in [0.15, 0.2) is 0 Å². The van der Waals surface area contributed by atoms with Crippen LogP contribution in [0.5, 0.6) is 0 Å². The van der Waals surface area contributed by atoms with E-state index < -0.39 is 24.2 Å². The first-order chi connectivity index (χ1) is 4.95. The zero-order valence-corrected chi connectivity index (χ0v) is 7.41. The Hall–Kier alpha value is -0.410. The van der Waals surface area contributed by atoms with E-state index in [1.54, 1.807) is 0 Å². The van der Waals surface area contributed by atoms with Gasteiger partial charge in [0.2, 0.25) is 0 Å². The lowest BCUT2D eigenvalue weighted by molar-refractivity contribution is 0.109. The fraction of sp³-hybridized carbons (Fsp3) is 0. The molecule has 0 atom stereocenters. The van der Waals surface area contributed by atoms with Gasteiger partial charge < -0.3 is 4.74 Å². The van der Waals surface area contributed by atoms with Crippen molar-refractivity contribution in [2.45, 2.75) is 0 Å². The smallest absolute Gasteiger partial charge is 0.346 e. The van der Waals surface area contributed by atoms with Crippen molar-refractivity contribution in [2.24, 2.45) is 0 Å². The van der Waals surface area contributed by atoms with Crippen molar-refractivity contribution in [3.63, 3.8) is 0 Å². The van der Waals surface area contributed by atoms with E-state index in [2.05, 4.69) is 4.74 Å². The molecule has 0 bridgehead atoms. The van der Waals surface area contributed by atoms with Crippen molar-refractivity contribution < 1.29 is 31.1 Å². The summed E-state index contributed by atoms with van der Waals surface area (Å²) in [5.74, 6) is 0. The van der Waals surface area contributed by atoms with Crippen LogP contribution in [0.2, 0.25) is 0 Å². The topological polar surface area (TPSA) is 9.23 Å². The highest BCUT2D eigenvalue weighted by molar-refractivity contribution is 14.0. The molecule has 8 heteroatoms. The normalized spacial score (nSPS) is 8.17. The first kappa shape index (κ1) is 14.1. The Balaban J connectivity index is 0. The standard InChI is InChI=1S/C4F6O.HI/c5-1(6)3(9)11-4(10)2(7)8;/h;1H. The van der Waals surface area contributed by atoms with Gasteiger partial charge in [0.05, 0.1) is 0 Å². The molecule has 0 rings (SSSR count). The van der Waals surface area contributed by atoms with E-state index >= 15 is 0 Å². The van der Waals surface area contributed by atoms with Crippen LogP contribution >= 0.6 is 24.0 Å². The Bertz CT molecular complexity index is 182. The molecule has 0 aliphatic heterocycles. The largest absolute Gasteiger partial charge is 0.396 e. The average Bonchev–Trinajstić information content (AvgIpc) is 1.87. The quantitative estimate of drug-likeness (QED) is 0.429. The van der Waals surface area contributed by atoms with Crippen molar-refractivity contribution in [3.05, 3.63) is 24.2 Å². The molecule has 0 fully saturated rings. The molecule has 0 N–H and O–H groups in total. The Kier molecular flexibility index (Phi) is 7.24. The van der Waals surface area contributed by atoms with Crippen LogP contribution in [-0.4, -0.2) is 0 Å². The first-order valence-electron chi connectivity index (χ1n) is 2.04. The number of hydrogen-bond acceptors (Lipinski definition) is 1. The third-order valence-corrected chi connectivity index (χ3v) is 0.476. The number of rotatable bonds is 2. The van der Waals surface area contributed by atoms with E-state index in [1.165, 1.54) is 0 Å². The van der Waals surface area contributed by atoms with E-state index in [0.717, 1.165) is 0 Å². The minimum absolute atomic E-state index is 0. The second kappa shape index (κ2) is 6.14. The Morgan fingerprint density at radius 2 is 0.917 bits per heavy atom. The Morgan fingerprint density at radius 3 is 1.08 bits per heavy atom. The molecule has 0 aromatic heterocycles. The monoisotopic (exact) mass is 306 g/mol. The van der Waals surface area contributed by atoms with Gasteiger partial charge in [0.25, 0.3) is 0 Å². The summed E-state index contributed by atoms with van der Waals surface area (Å²) < 4.78 is 69.6. The van der Waals surface area contributed by atoms with Gasteiger partial charge in [-0.15, -0.1) is 24.0 Å². The molecular weight excluding hydrogens is 305 g/mol. The van der Waals surface area contributed by atoms with Crippen molar-refractivity contribution in [3.8, 4) is 0 Å². The Morgan fingerprint density at radius 1 is 0.667 bits per heavy atom. The van der Waals surface area contributed by atoms with Crippen LogP contribution in [0.3, 0.4) is 0 Å². The fourth-order valence-corrected chi connectivity index (χ4v) is 0.156. The van der Waals surface area contributed by atoms with E-state index in [0.29, 0.717) is 0 Å². The maximum absolute atomic E-state index is 11.4. The average molecular weight is 306 g/mol. The molecule has 0 amide bonds. The third-order valence-electron chi connectivity index (χ3n) is 0.476. The summed E-state index contributed by atoms with van der Waals surface area (Å²) in [5.41, 5.74) is 0. The lowest BCUT2D eigenvalue weighted by Gasteiger charge is -1.94. The van der Waals surface area contributed by atoms with Gasteiger partial charge in [-0.3, -0.25) is 0 Å². The molecule has 0 aliphatic rings. The van der Waals surface area contributed by atoms with Gasteiger partial charge in [0, 0.05) is 0 Å². The molecule has 0 aromatic rings. The lowest BCUT2D eigenvalue weighted by atomic mass is 10.9. The molecule has 0 unspecified atom stereocenters. The summed E-state index contributed by atoms with van der Waals surface area (Å²) in [4.78, 5) is 0. The van der Waals surface area contributed by atoms with Crippen molar-refractivity contribution in [2.75, 3.05) is 0 Å². The molecule has 0 aliphatic carbocycles. The van der Waals surface area contributed by atoms with Gasteiger partial charge in [-0.2, -0.15) is 26.3 Å². The van der Waals surface area contributed by atoms with Crippen LogP contribution in [0, 0.1) is 0 Å². The summed E-state index contributed by atoms with van der Waals surface area (Å²) >= 11 is 0. The lowest BCUT2D eigenvalue weighted by Crippen LogP contribution is -1.85. The number of hydrogen-bond donors (Lipinski definition) is 0. The van der Waals surface area contributed by atoms with Crippen molar-refractivity contribution in [1.29, 1.82) is 0 Å². The minimum Gasteiger partial charge on any atom is -0.396 e. The van der Waals surface area contributed by atoms with E-state index in [4.69, 9.17) is 0 Å². The summed E-state index contributed by atoms with van der Waals surface area (Å²) in [6.45, 7) is 0. The highest BCUT2D eigenvalue weighted by atomic mass is 127. The van der Waals surface area contributed by atoms with Crippen LogP contribution in [0.25, 0.3) is 0 Å². The summed E-state index contributed by atoms with van der Waals surface area (Å²) in [7, 11) is 0. The zero-order chi connectivity index (χ0) is 9.02. The van der Waals surface area contributed by atoms with Crippen LogP contribution in [0.4, 0.5) is 26.3 Å². The summed E-state index contributed by atoms with van der Waals surface area (Å²) in [6.07, 6.45) is -6.03. The zero-order valence-electron chi connectivity index (χ0n) is 5.08. The van der Waals surface area contributed by atoms with Crippen molar-refractivity contribution >= 4 is 24.0 Å². The summed E-state index contributed by atoms with van der Waals surface area (Å²) in [5, 5.41) is 0. The molecule has 0 aromatic carbocycles. The fourth-order valence-electron chi connectivity index (χ4n) is 0.156. The highest BCUT2D eigenvalue weighted by Gasteiger charge is 2.13. The maximum Gasteiger partial charge on any atom is 0.346 e. The molecule has 0 saturated carbocycles. The van der Waals surface area contributed by atoms with Crippen LogP contribution in [0.1, 0.15) is 0 Å². The predicted molar refractivity (Wildman–Crippen MR) is 37.2 cm³/mol. The van der Waals surface area contributed by atoms with Gasteiger partial charge in [-0.25, -0.2) is 0 Å². The molecule has 1 nitrogen and oxygen atoms in total. The van der Waals surface area contributed by atoms with Crippen LogP contribution < -0.4 is 0 Å². The number of halogens is 7. The number of ether oxygens (including phenoxy) is 1. The molecule has 0 radical (unpaired) electrons. The molecular formula is C4HF6IO. The van der Waals surface area contributed by atoms with Crippen LogP contribution in [0.15, 0.2) is 24.2 Å². The van der Waals surface area contributed by atoms with Crippen LogP contribution in [-0.2, 0) is 4.74 Å². The van der Waals surface area contributed by atoms with E-state index in [1.807, 2.05) is 0 Å². The SMILES string of the molecule is FC(F)=C(F)OC(F)=C(F)F.I. The highest BCUT2D eigenvalue weighted by Crippen LogP contribution is 2.19. The Labute approximate surface area is 79.7 Å². The second-order valence-electron chi connectivity index (χ2n) is 1.17. The second-order valence-corrected chi connectivity index (χ2v) is 1.17. The first-order valence-corrected chi connectivity index (χ1v) is 2.04. The predicted octanol–water partition coefficient (Wildman–Crippen LogP) is 3.69. The van der Waals surface area contributed by atoms with Crippen molar-refractivity contribution in [1.82, 2.24) is 0 Å². The summed E-state index contributed by atoms with van der Waals surface area (Å²) in [6, 6.07) is -5.37. The van der Waals surface area contributed by atoms with E-state index in [9.17, 15) is 26.3 Å². The molecule has 0 heterocycles. The van der Waals surface area contributed by atoms with Gasteiger partial charge in [-0.05, 0) is 0 Å². The molecule has 0 spiro atoms. The minimum atomic E-state index is -3.01.